The van der Waals surface area contributed by atoms with Crippen molar-refractivity contribution >= 4 is 46.9 Å². The third kappa shape index (κ3) is 5.96. The van der Waals surface area contributed by atoms with E-state index in [1.807, 2.05) is 20.4 Å². The van der Waals surface area contributed by atoms with E-state index in [0.29, 0.717) is 16.1 Å². The van der Waals surface area contributed by atoms with Crippen molar-refractivity contribution in [1.29, 1.82) is 0 Å². The molecular weight excluding hydrogens is 345 g/mol. The second-order valence-corrected chi connectivity index (χ2v) is 5.08. The number of aliphatic imine (C=N–C) groups is 2. The Hall–Kier alpha value is -0.703. The van der Waals surface area contributed by atoms with Gasteiger partial charge in [-0.15, -0.1) is 0 Å². The first-order valence-electron chi connectivity index (χ1n) is 5.18. The minimum atomic E-state index is 0.508. The average Bonchev–Trinajstić information content (AvgIpc) is 2.31. The number of rotatable bonds is 6. The monoisotopic (exact) mass is 363 g/mol. The van der Waals surface area contributed by atoms with E-state index >= 15 is 0 Å². The second kappa shape index (κ2) is 9.34. The molecule has 0 saturated heterocycles. The average molecular weight is 363 g/mol. The fourth-order valence-corrected chi connectivity index (χ4v) is 2.61. The third-order valence-corrected chi connectivity index (χ3v) is 4.21. The Morgan fingerprint density at radius 3 is 2.47 bits per heavy atom. The van der Waals surface area contributed by atoms with Gasteiger partial charge in [0.2, 0.25) is 0 Å². The molecule has 0 aromatic carbocycles. The first-order chi connectivity index (χ1) is 8.10. The molecule has 0 aliphatic rings. The molecule has 0 bridgehead atoms. The molecule has 7 heteroatoms. The maximum absolute atomic E-state index is 5.56. The smallest absolute Gasteiger partial charge is 0.114 e. The molecule has 5 nitrogen and oxygen atoms in total. The minimum absolute atomic E-state index is 0.508. The zero-order valence-electron chi connectivity index (χ0n) is 10.4. The predicted molar refractivity (Wildman–Crippen MR) is 85.5 cm³/mol. The van der Waals surface area contributed by atoms with Crippen LogP contribution in [0.4, 0.5) is 0 Å². The lowest BCUT2D eigenvalue weighted by Crippen LogP contribution is -2.17. The van der Waals surface area contributed by atoms with Gasteiger partial charge in [0.25, 0.3) is 0 Å². The highest BCUT2D eigenvalue weighted by Crippen LogP contribution is 2.02. The standard InChI is InChI=1S/C10H18IN5Si/c1-4-14-7(2)8(5-12)6-15-9(11)10(16-13)17-3/h5H,4,6,12-13H2,1-3H3. The highest BCUT2D eigenvalue weighted by atomic mass is 127. The number of halogens is 1. The van der Waals surface area contributed by atoms with Crippen LogP contribution in [0.15, 0.2) is 26.9 Å². The molecule has 0 heterocycles. The van der Waals surface area contributed by atoms with Crippen molar-refractivity contribution in [2.75, 3.05) is 13.1 Å². The number of hydrogen-bond acceptors (Lipinski definition) is 5. The van der Waals surface area contributed by atoms with E-state index in [1.165, 1.54) is 0 Å². The van der Waals surface area contributed by atoms with Gasteiger partial charge in [-0.25, -0.2) is 0 Å². The van der Waals surface area contributed by atoms with Crippen molar-refractivity contribution in [3.05, 3.63) is 11.8 Å². The normalized spacial score (nSPS) is 15.3. The maximum Gasteiger partial charge on any atom is 0.114 e. The van der Waals surface area contributed by atoms with Crippen LogP contribution in [0.1, 0.15) is 13.8 Å². The van der Waals surface area contributed by atoms with Crippen molar-refractivity contribution in [2.45, 2.75) is 20.4 Å². The van der Waals surface area contributed by atoms with Gasteiger partial charge in [0, 0.05) is 24.0 Å². The van der Waals surface area contributed by atoms with Crippen LogP contribution in [0.2, 0.25) is 6.55 Å². The quantitative estimate of drug-likeness (QED) is 0.244. The SMILES string of the molecule is CCN=C(C)C(=CN)CN=C(I)C(=NN)[Si]C. The summed E-state index contributed by atoms with van der Waals surface area (Å²) < 4.78 is 0.828. The molecule has 94 valence electrons. The molecule has 0 aromatic rings. The van der Waals surface area contributed by atoms with Crippen molar-refractivity contribution in [2.24, 2.45) is 26.7 Å². The summed E-state index contributed by atoms with van der Waals surface area (Å²) in [5, 5.41) is 4.53. The maximum atomic E-state index is 5.56. The topological polar surface area (TPSA) is 89.1 Å². The van der Waals surface area contributed by atoms with Crippen molar-refractivity contribution in [3.63, 3.8) is 0 Å². The number of hydrogen-bond donors (Lipinski definition) is 2. The van der Waals surface area contributed by atoms with Gasteiger partial charge in [-0.3, -0.25) is 9.98 Å². The summed E-state index contributed by atoms with van der Waals surface area (Å²) in [5.41, 5.74) is 7.42. The van der Waals surface area contributed by atoms with Crippen LogP contribution in [0.25, 0.3) is 0 Å². The summed E-state index contributed by atoms with van der Waals surface area (Å²) in [5.74, 6) is 5.28. The Morgan fingerprint density at radius 2 is 2.06 bits per heavy atom. The lowest BCUT2D eigenvalue weighted by Gasteiger charge is -2.04. The van der Waals surface area contributed by atoms with Crippen LogP contribution in [-0.4, -0.2) is 37.4 Å². The first kappa shape index (κ1) is 16.3. The summed E-state index contributed by atoms with van der Waals surface area (Å²) in [6.45, 7) is 7.19. The second-order valence-electron chi connectivity index (χ2n) is 3.09. The van der Waals surface area contributed by atoms with Gasteiger partial charge >= 0.3 is 0 Å². The number of nitrogens with two attached hydrogens (primary N) is 2. The Balaban J connectivity index is 4.74. The molecule has 0 aliphatic carbocycles. The Kier molecular flexibility index (Phi) is 8.95. The van der Waals surface area contributed by atoms with Crippen LogP contribution in [0.3, 0.4) is 0 Å². The molecule has 17 heavy (non-hydrogen) atoms. The van der Waals surface area contributed by atoms with Crippen molar-refractivity contribution in [3.8, 4) is 0 Å². The molecule has 4 N–H and O–H groups in total. The molecule has 0 spiro atoms. The van der Waals surface area contributed by atoms with E-state index in [4.69, 9.17) is 11.6 Å². The van der Waals surface area contributed by atoms with Gasteiger partial charge in [-0.2, -0.15) is 5.10 Å². The number of hydrazone groups is 1. The largest absolute Gasteiger partial charge is 0.404 e. The van der Waals surface area contributed by atoms with E-state index in [1.54, 1.807) is 6.20 Å². The molecule has 0 fully saturated rings. The van der Waals surface area contributed by atoms with Crippen LogP contribution in [-0.2, 0) is 0 Å². The fourth-order valence-electron chi connectivity index (χ4n) is 1.08. The zero-order chi connectivity index (χ0) is 13.3. The van der Waals surface area contributed by atoms with Crippen LogP contribution in [0, 0.1) is 0 Å². The van der Waals surface area contributed by atoms with Gasteiger partial charge in [0.1, 0.15) is 13.2 Å². The van der Waals surface area contributed by atoms with Gasteiger partial charge in [-0.1, -0.05) is 6.55 Å². The molecular formula is C10H18IN5Si. The van der Waals surface area contributed by atoms with Crippen molar-refractivity contribution in [1.82, 2.24) is 0 Å². The summed E-state index contributed by atoms with van der Waals surface area (Å²) in [7, 11) is 0.534. The van der Waals surface area contributed by atoms with E-state index in [9.17, 15) is 0 Å². The lowest BCUT2D eigenvalue weighted by atomic mass is 10.2. The molecule has 0 atom stereocenters. The van der Waals surface area contributed by atoms with Gasteiger partial charge in [-0.05, 0) is 36.4 Å². The molecule has 0 aromatic heterocycles. The Morgan fingerprint density at radius 1 is 1.41 bits per heavy atom. The molecule has 0 amide bonds. The molecule has 0 saturated carbocycles. The molecule has 0 unspecified atom stereocenters. The van der Waals surface area contributed by atoms with Crippen LogP contribution < -0.4 is 11.6 Å². The highest BCUT2D eigenvalue weighted by Gasteiger charge is 2.05. The fraction of sp³-hybridized carbons (Fsp3) is 0.500. The van der Waals surface area contributed by atoms with E-state index < -0.39 is 0 Å². The summed E-state index contributed by atoms with van der Waals surface area (Å²) in [4.78, 5) is 8.71. The summed E-state index contributed by atoms with van der Waals surface area (Å²) >= 11 is 2.14. The van der Waals surface area contributed by atoms with Crippen LogP contribution >= 0.6 is 22.6 Å². The number of nitrogens with zero attached hydrogens (tertiary/aromatic N) is 3. The lowest BCUT2D eigenvalue weighted by molar-refractivity contribution is 1.11. The van der Waals surface area contributed by atoms with Gasteiger partial charge in [0.05, 0.1) is 11.9 Å². The molecule has 0 rings (SSSR count). The summed E-state index contributed by atoms with van der Waals surface area (Å²) in [6.07, 6.45) is 1.55. The predicted octanol–water partition coefficient (Wildman–Crippen LogP) is 1.17. The van der Waals surface area contributed by atoms with Gasteiger partial charge < -0.3 is 11.6 Å². The van der Waals surface area contributed by atoms with Gasteiger partial charge in [0.15, 0.2) is 0 Å². The van der Waals surface area contributed by atoms with E-state index in [2.05, 4.69) is 37.7 Å². The van der Waals surface area contributed by atoms with E-state index in [-0.39, 0.29) is 0 Å². The van der Waals surface area contributed by atoms with Crippen LogP contribution in [0.5, 0.6) is 0 Å². The van der Waals surface area contributed by atoms with E-state index in [0.717, 1.165) is 26.9 Å². The first-order valence-corrected chi connectivity index (χ1v) is 7.76. The highest BCUT2D eigenvalue weighted by molar-refractivity contribution is 14.1. The molecule has 2 radical (unpaired) electrons. The zero-order valence-corrected chi connectivity index (χ0v) is 13.5. The third-order valence-electron chi connectivity index (χ3n) is 2.01. The molecule has 0 aliphatic heterocycles. The minimum Gasteiger partial charge on any atom is -0.404 e. The Bertz CT molecular complexity index is 360. The Labute approximate surface area is 119 Å². The summed E-state index contributed by atoms with van der Waals surface area (Å²) in [6, 6.07) is 0. The van der Waals surface area contributed by atoms with Crippen molar-refractivity contribution < 1.29 is 0 Å².